The number of fused-ring (bicyclic) bond motifs is 1. The summed E-state index contributed by atoms with van der Waals surface area (Å²) in [6.45, 7) is 4.11. The number of aromatic amines is 1. The Bertz CT molecular complexity index is 1110. The van der Waals surface area contributed by atoms with E-state index in [9.17, 15) is 19.7 Å². The van der Waals surface area contributed by atoms with Crippen molar-refractivity contribution in [3.8, 4) is 0 Å². The lowest BCUT2D eigenvalue weighted by Gasteiger charge is -2.08. The molecule has 2 aromatic carbocycles. The number of hydrogen-bond acceptors (Lipinski definition) is 4. The van der Waals surface area contributed by atoms with E-state index in [1.807, 2.05) is 13.8 Å². The summed E-state index contributed by atoms with van der Waals surface area (Å²) in [7, 11) is 0. The number of nitrogens with one attached hydrogen (secondary N) is 1. The van der Waals surface area contributed by atoms with E-state index in [2.05, 4.69) is 4.98 Å². The molecule has 0 saturated heterocycles. The fourth-order valence-electron chi connectivity index (χ4n) is 2.52. The molecule has 1 heterocycles. The van der Waals surface area contributed by atoms with Crippen molar-refractivity contribution in [1.82, 2.24) is 9.55 Å². The molecule has 0 spiro atoms. The molecule has 0 bridgehead atoms. The normalized spacial score (nSPS) is 10.4. The van der Waals surface area contributed by atoms with Gasteiger partial charge in [-0.1, -0.05) is 43.1 Å². The Morgan fingerprint density at radius 2 is 1.81 bits per heavy atom. The number of hydrogen-bond donors (Lipinski definition) is 1. The van der Waals surface area contributed by atoms with Crippen LogP contribution in [0.1, 0.15) is 19.4 Å². The van der Waals surface area contributed by atoms with Gasteiger partial charge in [-0.2, -0.15) is 0 Å². The first-order valence-corrected chi connectivity index (χ1v) is 8.97. The zero-order chi connectivity index (χ0) is 20.1. The number of aromatic nitrogens is 2. The van der Waals surface area contributed by atoms with Crippen LogP contribution in [0.15, 0.2) is 46.0 Å². The second-order valence-corrected chi connectivity index (χ2v) is 6.20. The van der Waals surface area contributed by atoms with Crippen LogP contribution < -0.4 is 11.2 Å². The smallest absolute Gasteiger partial charge is 0.306 e. The molecule has 0 aliphatic heterocycles. The molecule has 0 fully saturated rings. The van der Waals surface area contributed by atoms with Crippen LogP contribution in [0.3, 0.4) is 0 Å². The highest BCUT2D eigenvalue weighted by molar-refractivity contribution is 6.35. The number of benzene rings is 2. The Morgan fingerprint density at radius 1 is 1.11 bits per heavy atom. The third kappa shape index (κ3) is 4.56. The number of aryl methyl sites for hydroxylation is 1. The van der Waals surface area contributed by atoms with Gasteiger partial charge in [0.05, 0.1) is 15.8 Å². The molecule has 1 aromatic heterocycles. The van der Waals surface area contributed by atoms with Gasteiger partial charge in [-0.3, -0.25) is 19.5 Å². The average molecular weight is 410 g/mol. The summed E-state index contributed by atoms with van der Waals surface area (Å²) in [4.78, 5) is 37.4. The predicted molar refractivity (Wildman–Crippen MR) is 107 cm³/mol. The molecule has 0 aliphatic rings. The molecule has 0 radical (unpaired) electrons. The Morgan fingerprint density at radius 3 is 2.44 bits per heavy atom. The van der Waals surface area contributed by atoms with Gasteiger partial charge < -0.3 is 4.98 Å². The van der Waals surface area contributed by atoms with Crippen LogP contribution in [0, 0.1) is 10.1 Å². The first-order valence-electron chi connectivity index (χ1n) is 8.22. The van der Waals surface area contributed by atoms with Crippen LogP contribution in [-0.2, 0) is 13.0 Å². The van der Waals surface area contributed by atoms with E-state index in [-0.39, 0.29) is 23.1 Å². The van der Waals surface area contributed by atoms with Crippen molar-refractivity contribution in [3.63, 3.8) is 0 Å². The molecule has 0 atom stereocenters. The van der Waals surface area contributed by atoms with Gasteiger partial charge in [0.2, 0.25) is 0 Å². The molecule has 3 rings (SSSR count). The fraction of sp³-hybridized carbons (Fsp3) is 0.222. The van der Waals surface area contributed by atoms with Crippen molar-refractivity contribution in [2.45, 2.75) is 26.8 Å². The van der Waals surface area contributed by atoms with Crippen LogP contribution in [0.5, 0.6) is 0 Å². The predicted octanol–water partition coefficient (Wildman–Crippen LogP) is 4.17. The third-order valence-corrected chi connectivity index (χ3v) is 4.38. The number of rotatable bonds is 4. The minimum atomic E-state index is -0.636. The van der Waals surface area contributed by atoms with Crippen molar-refractivity contribution in [1.29, 1.82) is 0 Å². The summed E-state index contributed by atoms with van der Waals surface area (Å²) in [6, 6.07) is 8.72. The molecule has 0 unspecified atom stereocenters. The maximum absolute atomic E-state index is 12.5. The maximum atomic E-state index is 12.5. The first kappa shape index (κ1) is 20.7. The summed E-state index contributed by atoms with van der Waals surface area (Å²) >= 11 is 11.9. The standard InChI is InChI=1S/C16H11Cl2N3O4.C2H6/c17-10-2-1-9(13(18)7-10)5-6-20-15(22)12-4-3-11(21(24)25)8-14(12)19-16(20)23;1-2/h1-4,7-8H,5-6H2,(H,19,23);1-2H3. The molecule has 0 aliphatic carbocycles. The van der Waals surface area contributed by atoms with Crippen molar-refractivity contribution in [2.75, 3.05) is 0 Å². The van der Waals surface area contributed by atoms with Crippen LogP contribution in [0.4, 0.5) is 5.69 Å². The van der Waals surface area contributed by atoms with Gasteiger partial charge in [-0.15, -0.1) is 0 Å². The van der Waals surface area contributed by atoms with E-state index < -0.39 is 16.2 Å². The van der Waals surface area contributed by atoms with Crippen LogP contribution >= 0.6 is 23.2 Å². The zero-order valence-electron chi connectivity index (χ0n) is 14.7. The zero-order valence-corrected chi connectivity index (χ0v) is 16.2. The minimum absolute atomic E-state index is 0.114. The van der Waals surface area contributed by atoms with Crippen LogP contribution in [0.2, 0.25) is 10.0 Å². The molecular formula is C18H17Cl2N3O4. The number of non-ortho nitro benzene ring substituents is 1. The van der Waals surface area contributed by atoms with Crippen molar-refractivity contribution >= 4 is 39.8 Å². The molecule has 9 heteroatoms. The lowest BCUT2D eigenvalue weighted by Crippen LogP contribution is -2.35. The Balaban J connectivity index is 0.00000126. The monoisotopic (exact) mass is 409 g/mol. The van der Waals surface area contributed by atoms with Gasteiger partial charge >= 0.3 is 5.69 Å². The molecule has 3 aromatic rings. The fourth-order valence-corrected chi connectivity index (χ4v) is 3.02. The molecular weight excluding hydrogens is 393 g/mol. The van der Waals surface area contributed by atoms with E-state index in [4.69, 9.17) is 23.2 Å². The highest BCUT2D eigenvalue weighted by Crippen LogP contribution is 2.21. The summed E-state index contributed by atoms with van der Waals surface area (Å²) in [6.07, 6.45) is 0.359. The van der Waals surface area contributed by atoms with Crippen molar-refractivity contribution in [2.24, 2.45) is 0 Å². The summed E-state index contributed by atoms with van der Waals surface area (Å²) < 4.78 is 1.04. The summed E-state index contributed by atoms with van der Waals surface area (Å²) in [5.41, 5.74) is -0.471. The molecule has 0 saturated carbocycles. The van der Waals surface area contributed by atoms with Gasteiger partial charge in [-0.05, 0) is 30.2 Å². The molecule has 27 heavy (non-hydrogen) atoms. The van der Waals surface area contributed by atoms with Crippen molar-refractivity contribution < 1.29 is 4.92 Å². The SMILES string of the molecule is CC.O=c1[nH]c2cc([N+](=O)[O-])ccc2c(=O)n1CCc1ccc(Cl)cc1Cl. The number of halogens is 2. The minimum Gasteiger partial charge on any atom is -0.306 e. The van der Waals surface area contributed by atoms with E-state index in [0.29, 0.717) is 16.5 Å². The topological polar surface area (TPSA) is 98.0 Å². The summed E-state index contributed by atoms with van der Waals surface area (Å²) in [5.74, 6) is 0. The van der Waals surface area contributed by atoms with E-state index in [0.717, 1.165) is 10.1 Å². The number of H-pyrrole nitrogens is 1. The Labute approximate surface area is 164 Å². The number of nitrogens with zero attached hydrogens (tertiary/aromatic N) is 2. The molecule has 7 nitrogen and oxygen atoms in total. The number of nitro groups is 1. The lowest BCUT2D eigenvalue weighted by molar-refractivity contribution is -0.384. The van der Waals surface area contributed by atoms with Gasteiger partial charge in [0.15, 0.2) is 0 Å². The highest BCUT2D eigenvalue weighted by Gasteiger charge is 2.12. The molecule has 1 N–H and O–H groups in total. The summed E-state index contributed by atoms with van der Waals surface area (Å²) in [5, 5.41) is 12.0. The second-order valence-electron chi connectivity index (χ2n) is 5.36. The third-order valence-electron chi connectivity index (χ3n) is 3.80. The first-order chi connectivity index (χ1) is 12.9. The van der Waals surface area contributed by atoms with Crippen LogP contribution in [0.25, 0.3) is 10.9 Å². The van der Waals surface area contributed by atoms with Gasteiger partial charge in [-0.25, -0.2) is 4.79 Å². The quantitative estimate of drug-likeness (QED) is 0.516. The average Bonchev–Trinajstić information content (AvgIpc) is 2.64. The Hall–Kier alpha value is -2.64. The van der Waals surface area contributed by atoms with Gasteiger partial charge in [0, 0.05) is 28.7 Å². The lowest BCUT2D eigenvalue weighted by atomic mass is 10.1. The van der Waals surface area contributed by atoms with Crippen LogP contribution in [-0.4, -0.2) is 14.5 Å². The Kier molecular flexibility index (Phi) is 6.76. The van der Waals surface area contributed by atoms with Crippen molar-refractivity contribution in [3.05, 3.63) is 83.0 Å². The number of nitro benzene ring substituents is 1. The van der Waals surface area contributed by atoms with E-state index in [1.54, 1.807) is 18.2 Å². The molecule has 142 valence electrons. The van der Waals surface area contributed by atoms with E-state index >= 15 is 0 Å². The van der Waals surface area contributed by atoms with Gasteiger partial charge in [0.1, 0.15) is 0 Å². The van der Waals surface area contributed by atoms with E-state index in [1.165, 1.54) is 18.2 Å². The maximum Gasteiger partial charge on any atom is 0.328 e. The highest BCUT2D eigenvalue weighted by atomic mass is 35.5. The van der Waals surface area contributed by atoms with Gasteiger partial charge in [0.25, 0.3) is 11.2 Å². The largest absolute Gasteiger partial charge is 0.328 e. The second kappa shape index (κ2) is 8.83. The molecule has 0 amide bonds.